The zero-order valence-corrected chi connectivity index (χ0v) is 13.5. The van der Waals surface area contributed by atoms with Crippen LogP contribution in [-0.2, 0) is 6.42 Å². The Bertz CT molecular complexity index is 594. The number of carbonyl (C=O) groups excluding carboxylic acids is 2. The van der Waals surface area contributed by atoms with E-state index in [0.29, 0.717) is 29.7 Å². The van der Waals surface area contributed by atoms with E-state index in [1.807, 2.05) is 6.92 Å². The molecule has 1 aromatic rings. The Hall–Kier alpha value is -1.83. The van der Waals surface area contributed by atoms with Crippen LogP contribution in [0.15, 0.2) is 0 Å². The van der Waals surface area contributed by atoms with E-state index in [4.69, 9.17) is 5.11 Å². The van der Waals surface area contributed by atoms with Crippen LogP contribution in [0.5, 0.6) is 0 Å². The van der Waals surface area contributed by atoms with Gasteiger partial charge in [-0.05, 0) is 25.8 Å². The van der Waals surface area contributed by atoms with Gasteiger partial charge in [0.05, 0.1) is 6.54 Å². The van der Waals surface area contributed by atoms with Gasteiger partial charge in [0.1, 0.15) is 5.69 Å². The summed E-state index contributed by atoms with van der Waals surface area (Å²) in [5, 5.41) is 9.09. The molecule has 1 rings (SSSR count). The topological polar surface area (TPSA) is 73.4 Å². The summed E-state index contributed by atoms with van der Waals surface area (Å²) in [6.07, 6.45) is -6.28. The number of hydrogen-bond acceptors (Lipinski definition) is 3. The molecule has 1 heterocycles. The third kappa shape index (κ3) is 4.34. The number of amides is 1. The van der Waals surface area contributed by atoms with Crippen molar-refractivity contribution in [1.29, 1.82) is 0 Å². The standard InChI is InChI=1S/C15H21F3N2O3/c1-5-6-10-12(9(3)21)8(2)19-13(10)14(23)20(4)7-11(22)15(16,17)18/h11,19,22H,5-7H2,1-4H3. The number of H-pyrrole nitrogens is 1. The van der Waals surface area contributed by atoms with Crippen molar-refractivity contribution >= 4 is 11.7 Å². The molecule has 8 heteroatoms. The number of likely N-dealkylation sites (N-methyl/N-ethyl adjacent to an activating group) is 1. The van der Waals surface area contributed by atoms with Gasteiger partial charge < -0.3 is 15.0 Å². The molecule has 0 aliphatic rings. The minimum absolute atomic E-state index is 0.103. The fourth-order valence-corrected chi connectivity index (χ4v) is 2.47. The van der Waals surface area contributed by atoms with Gasteiger partial charge in [0, 0.05) is 18.3 Å². The first-order valence-corrected chi connectivity index (χ1v) is 7.23. The second-order valence-corrected chi connectivity index (χ2v) is 5.53. The largest absolute Gasteiger partial charge is 0.416 e. The molecule has 1 unspecified atom stereocenters. The van der Waals surface area contributed by atoms with E-state index in [-0.39, 0.29) is 11.5 Å². The number of nitrogens with zero attached hydrogens (tertiary/aromatic N) is 1. The van der Waals surface area contributed by atoms with Gasteiger partial charge in [-0.2, -0.15) is 13.2 Å². The van der Waals surface area contributed by atoms with Gasteiger partial charge in [-0.25, -0.2) is 0 Å². The Balaban J connectivity index is 3.12. The Morgan fingerprint density at radius 2 is 1.91 bits per heavy atom. The van der Waals surface area contributed by atoms with Gasteiger partial charge in [-0.1, -0.05) is 13.3 Å². The number of aryl methyl sites for hydroxylation is 1. The van der Waals surface area contributed by atoms with E-state index in [2.05, 4.69) is 4.98 Å². The molecule has 0 bridgehead atoms. The van der Waals surface area contributed by atoms with Crippen LogP contribution in [0.3, 0.4) is 0 Å². The van der Waals surface area contributed by atoms with Crippen LogP contribution in [0.2, 0.25) is 0 Å². The lowest BCUT2D eigenvalue weighted by molar-refractivity contribution is -0.205. The molecule has 130 valence electrons. The number of aliphatic hydroxyl groups excluding tert-OH is 1. The zero-order valence-electron chi connectivity index (χ0n) is 13.5. The fourth-order valence-electron chi connectivity index (χ4n) is 2.47. The monoisotopic (exact) mass is 334 g/mol. The number of aromatic nitrogens is 1. The number of alkyl halides is 3. The molecule has 0 radical (unpaired) electrons. The highest BCUT2D eigenvalue weighted by Gasteiger charge is 2.39. The number of Topliss-reactive ketones (excluding diaryl/α,β-unsaturated/α-hetero) is 1. The minimum atomic E-state index is -4.79. The smallest absolute Gasteiger partial charge is 0.382 e. The molecule has 0 saturated heterocycles. The predicted molar refractivity (Wildman–Crippen MR) is 78.6 cm³/mol. The number of hydrogen-bond donors (Lipinski definition) is 2. The Kier molecular flexibility index (Phi) is 5.98. The van der Waals surface area contributed by atoms with Gasteiger partial charge >= 0.3 is 6.18 Å². The third-order valence-electron chi connectivity index (χ3n) is 3.53. The summed E-state index contributed by atoms with van der Waals surface area (Å²) >= 11 is 0. The lowest BCUT2D eigenvalue weighted by Crippen LogP contribution is -2.42. The number of aromatic amines is 1. The highest BCUT2D eigenvalue weighted by Crippen LogP contribution is 2.24. The molecule has 2 N–H and O–H groups in total. The first-order chi connectivity index (χ1) is 10.5. The molecule has 0 saturated carbocycles. The highest BCUT2D eigenvalue weighted by atomic mass is 19.4. The predicted octanol–water partition coefficient (Wildman–Crippen LogP) is 2.47. The van der Waals surface area contributed by atoms with E-state index in [1.165, 1.54) is 14.0 Å². The van der Waals surface area contributed by atoms with Crippen molar-refractivity contribution in [3.05, 3.63) is 22.5 Å². The molecule has 1 aromatic heterocycles. The van der Waals surface area contributed by atoms with Crippen LogP contribution in [0.25, 0.3) is 0 Å². The van der Waals surface area contributed by atoms with E-state index < -0.39 is 24.7 Å². The number of halogens is 3. The van der Waals surface area contributed by atoms with Crippen molar-refractivity contribution in [3.8, 4) is 0 Å². The Morgan fingerprint density at radius 1 is 1.35 bits per heavy atom. The molecular formula is C15H21F3N2O3. The summed E-state index contributed by atoms with van der Waals surface area (Å²) in [6, 6.07) is 0. The number of carbonyl (C=O) groups is 2. The molecule has 1 amide bonds. The maximum absolute atomic E-state index is 12.4. The first-order valence-electron chi connectivity index (χ1n) is 7.23. The van der Waals surface area contributed by atoms with Gasteiger partial charge in [0.25, 0.3) is 5.91 Å². The molecule has 1 atom stereocenters. The average Bonchev–Trinajstić information content (AvgIpc) is 2.73. The number of rotatable bonds is 6. The fraction of sp³-hybridized carbons (Fsp3) is 0.600. The van der Waals surface area contributed by atoms with Crippen LogP contribution in [0, 0.1) is 6.92 Å². The lowest BCUT2D eigenvalue weighted by Gasteiger charge is -2.22. The van der Waals surface area contributed by atoms with E-state index in [0.717, 1.165) is 4.90 Å². The highest BCUT2D eigenvalue weighted by molar-refractivity contribution is 6.02. The van der Waals surface area contributed by atoms with Crippen molar-refractivity contribution in [2.24, 2.45) is 0 Å². The van der Waals surface area contributed by atoms with Crippen LogP contribution >= 0.6 is 0 Å². The Morgan fingerprint density at radius 3 is 2.35 bits per heavy atom. The van der Waals surface area contributed by atoms with Crippen LogP contribution in [-0.4, -0.2) is 52.6 Å². The second-order valence-electron chi connectivity index (χ2n) is 5.53. The van der Waals surface area contributed by atoms with Gasteiger partial charge in [-0.3, -0.25) is 9.59 Å². The normalized spacial score (nSPS) is 13.0. The molecule has 0 aliphatic carbocycles. The summed E-state index contributed by atoms with van der Waals surface area (Å²) < 4.78 is 37.2. The summed E-state index contributed by atoms with van der Waals surface area (Å²) in [5.41, 5.74) is 1.52. The number of aliphatic hydroxyl groups is 1. The van der Waals surface area contributed by atoms with Crippen molar-refractivity contribution in [1.82, 2.24) is 9.88 Å². The summed E-state index contributed by atoms with van der Waals surface area (Å²) in [4.78, 5) is 27.7. The third-order valence-corrected chi connectivity index (χ3v) is 3.53. The average molecular weight is 334 g/mol. The quantitative estimate of drug-likeness (QED) is 0.785. The van der Waals surface area contributed by atoms with Gasteiger partial charge in [0.2, 0.25) is 0 Å². The SMILES string of the molecule is CCCc1c(C(=O)N(C)CC(O)C(F)(F)F)[nH]c(C)c1C(C)=O. The van der Waals surface area contributed by atoms with Crippen LogP contribution in [0.4, 0.5) is 13.2 Å². The van der Waals surface area contributed by atoms with Crippen molar-refractivity contribution in [3.63, 3.8) is 0 Å². The minimum Gasteiger partial charge on any atom is -0.382 e. The summed E-state index contributed by atoms with van der Waals surface area (Å²) in [7, 11) is 1.18. The van der Waals surface area contributed by atoms with E-state index >= 15 is 0 Å². The zero-order chi connectivity index (χ0) is 17.9. The molecular weight excluding hydrogens is 313 g/mol. The van der Waals surface area contributed by atoms with Crippen LogP contribution < -0.4 is 0 Å². The molecule has 0 spiro atoms. The van der Waals surface area contributed by atoms with E-state index in [9.17, 15) is 22.8 Å². The van der Waals surface area contributed by atoms with Gasteiger partial charge in [-0.15, -0.1) is 0 Å². The maximum Gasteiger partial charge on any atom is 0.416 e. The molecule has 0 aromatic carbocycles. The first kappa shape index (κ1) is 19.2. The molecule has 5 nitrogen and oxygen atoms in total. The molecule has 0 aliphatic heterocycles. The maximum atomic E-state index is 12.4. The Labute approximate surface area is 132 Å². The summed E-state index contributed by atoms with van der Waals surface area (Å²) in [5.74, 6) is -0.897. The summed E-state index contributed by atoms with van der Waals surface area (Å²) in [6.45, 7) is 4.01. The molecule has 0 fully saturated rings. The van der Waals surface area contributed by atoms with Crippen molar-refractivity contribution < 1.29 is 27.9 Å². The van der Waals surface area contributed by atoms with Gasteiger partial charge in [0.15, 0.2) is 11.9 Å². The van der Waals surface area contributed by atoms with Crippen molar-refractivity contribution in [2.75, 3.05) is 13.6 Å². The second kappa shape index (κ2) is 7.16. The number of ketones is 1. The van der Waals surface area contributed by atoms with Crippen molar-refractivity contribution in [2.45, 2.75) is 45.9 Å². The number of nitrogens with one attached hydrogen (secondary N) is 1. The van der Waals surface area contributed by atoms with Crippen LogP contribution in [0.1, 0.15) is 52.4 Å². The molecule has 23 heavy (non-hydrogen) atoms. The lowest BCUT2D eigenvalue weighted by atomic mass is 10.0. The van der Waals surface area contributed by atoms with E-state index in [1.54, 1.807) is 6.92 Å².